The van der Waals surface area contributed by atoms with E-state index in [4.69, 9.17) is 0 Å². The molecule has 4 nitrogen and oxygen atoms in total. The smallest absolute Gasteiger partial charge is 0.233 e. The van der Waals surface area contributed by atoms with E-state index in [0.717, 1.165) is 23.9 Å². The van der Waals surface area contributed by atoms with Crippen molar-refractivity contribution >= 4 is 66.5 Å². The van der Waals surface area contributed by atoms with E-state index in [0.29, 0.717) is 12.3 Å². The number of aryl methyl sites for hydroxylation is 2. The van der Waals surface area contributed by atoms with Gasteiger partial charge in [-0.3, -0.25) is 4.79 Å². The van der Waals surface area contributed by atoms with E-state index in [2.05, 4.69) is 39.7 Å². The lowest BCUT2D eigenvalue weighted by Crippen LogP contribution is -2.27. The van der Waals surface area contributed by atoms with Crippen molar-refractivity contribution in [1.29, 1.82) is 0 Å². The van der Waals surface area contributed by atoms with Crippen LogP contribution >= 0.6 is 50.4 Å². The van der Waals surface area contributed by atoms with Crippen molar-refractivity contribution in [2.75, 3.05) is 12.8 Å². The maximum atomic E-state index is 12.4. The van der Waals surface area contributed by atoms with E-state index in [9.17, 15) is 4.79 Å². The fraction of sp³-hybridized carbons (Fsp3) is 0.312. The fourth-order valence-corrected chi connectivity index (χ4v) is 5.85. The molecule has 0 N–H and O–H groups in total. The number of nitrogens with zero attached hydrogens (tertiary/aromatic N) is 3. The summed E-state index contributed by atoms with van der Waals surface area (Å²) >= 11 is 8.26. The molecular weight excluding hydrogens is 426 g/mol. The van der Waals surface area contributed by atoms with E-state index < -0.39 is 0 Å². The number of thiophene rings is 2. The second-order valence-electron chi connectivity index (χ2n) is 5.39. The maximum absolute atomic E-state index is 12.4. The first-order valence-electron chi connectivity index (χ1n) is 7.27. The average molecular weight is 442 g/mol. The number of hydrogen-bond donors (Lipinski definition) is 0. The van der Waals surface area contributed by atoms with Gasteiger partial charge in [0, 0.05) is 22.2 Å². The summed E-state index contributed by atoms with van der Waals surface area (Å²) in [4.78, 5) is 26.3. The number of aromatic nitrogens is 2. The molecule has 126 valence electrons. The summed E-state index contributed by atoms with van der Waals surface area (Å²) in [5, 5.41) is 1.98. The molecule has 1 amide bonds. The molecule has 0 radical (unpaired) electrons. The van der Waals surface area contributed by atoms with E-state index in [1.807, 2.05) is 19.2 Å². The van der Waals surface area contributed by atoms with Crippen molar-refractivity contribution in [3.8, 4) is 0 Å². The zero-order chi connectivity index (χ0) is 17.3. The molecule has 8 heteroatoms. The van der Waals surface area contributed by atoms with Crippen LogP contribution in [0.15, 0.2) is 27.3 Å². The van der Waals surface area contributed by atoms with Crippen molar-refractivity contribution < 1.29 is 4.79 Å². The molecule has 3 aromatic heterocycles. The largest absolute Gasteiger partial charge is 0.340 e. The second kappa shape index (κ2) is 7.51. The third-order valence-corrected chi connectivity index (χ3v) is 7.41. The third kappa shape index (κ3) is 3.82. The van der Waals surface area contributed by atoms with Crippen molar-refractivity contribution in [3.63, 3.8) is 0 Å². The van der Waals surface area contributed by atoms with Crippen LogP contribution in [-0.2, 0) is 11.3 Å². The molecule has 0 fully saturated rings. The SMILES string of the molecule is Cc1sc2ncnc(SCC(=O)N(C)Cc3ccc(Br)s3)c2c1C. The lowest BCUT2D eigenvalue weighted by molar-refractivity contribution is -0.127. The van der Waals surface area contributed by atoms with Crippen LogP contribution in [0.25, 0.3) is 10.2 Å². The van der Waals surface area contributed by atoms with Crippen LogP contribution in [-0.4, -0.2) is 33.6 Å². The van der Waals surface area contributed by atoms with Gasteiger partial charge in [-0.05, 0) is 47.5 Å². The first-order chi connectivity index (χ1) is 11.5. The molecule has 0 unspecified atom stereocenters. The zero-order valence-electron chi connectivity index (χ0n) is 13.5. The Morgan fingerprint density at radius 2 is 2.08 bits per heavy atom. The summed E-state index contributed by atoms with van der Waals surface area (Å²) in [5.74, 6) is 0.477. The van der Waals surface area contributed by atoms with Crippen LogP contribution < -0.4 is 0 Å². The minimum absolute atomic E-state index is 0.0980. The molecule has 3 aromatic rings. The molecule has 0 aliphatic heterocycles. The number of fused-ring (bicyclic) bond motifs is 1. The van der Waals surface area contributed by atoms with E-state index in [1.54, 1.807) is 33.9 Å². The van der Waals surface area contributed by atoms with Crippen LogP contribution in [0.1, 0.15) is 15.3 Å². The van der Waals surface area contributed by atoms with Gasteiger partial charge < -0.3 is 4.90 Å². The summed E-state index contributed by atoms with van der Waals surface area (Å²) in [5.41, 5.74) is 1.21. The van der Waals surface area contributed by atoms with Gasteiger partial charge in [-0.1, -0.05) is 11.8 Å². The Kier molecular flexibility index (Phi) is 5.59. The van der Waals surface area contributed by atoms with Crippen LogP contribution in [0.2, 0.25) is 0 Å². The van der Waals surface area contributed by atoms with Crippen molar-refractivity contribution in [3.05, 3.63) is 37.6 Å². The maximum Gasteiger partial charge on any atom is 0.233 e. The van der Waals surface area contributed by atoms with Gasteiger partial charge in [0.05, 0.1) is 16.1 Å². The van der Waals surface area contributed by atoms with E-state index in [-0.39, 0.29) is 5.91 Å². The molecule has 0 aliphatic rings. The van der Waals surface area contributed by atoms with Gasteiger partial charge in [-0.15, -0.1) is 22.7 Å². The summed E-state index contributed by atoms with van der Waals surface area (Å²) in [6.45, 7) is 4.81. The molecule has 0 bridgehead atoms. The molecule has 24 heavy (non-hydrogen) atoms. The molecular formula is C16H16BrN3OS3. The van der Waals surface area contributed by atoms with E-state index in [1.165, 1.54) is 22.2 Å². The highest BCUT2D eigenvalue weighted by Crippen LogP contribution is 2.34. The van der Waals surface area contributed by atoms with Gasteiger partial charge in [0.1, 0.15) is 16.2 Å². The minimum Gasteiger partial charge on any atom is -0.340 e. The quantitative estimate of drug-likeness (QED) is 0.417. The molecule has 0 atom stereocenters. The Balaban J connectivity index is 1.68. The number of thioether (sulfide) groups is 1. The van der Waals surface area contributed by atoms with Gasteiger partial charge in [0.15, 0.2) is 0 Å². The molecule has 0 aromatic carbocycles. The first-order valence-corrected chi connectivity index (χ1v) is 10.7. The Morgan fingerprint density at radius 3 is 2.79 bits per heavy atom. The Labute approximate surface area is 161 Å². The van der Waals surface area contributed by atoms with Gasteiger partial charge in [-0.25, -0.2) is 9.97 Å². The Hall–Kier alpha value is -0.960. The third-order valence-electron chi connectivity index (χ3n) is 3.71. The molecule has 3 rings (SSSR count). The van der Waals surface area contributed by atoms with Gasteiger partial charge in [0.2, 0.25) is 5.91 Å². The lowest BCUT2D eigenvalue weighted by Gasteiger charge is -2.15. The lowest BCUT2D eigenvalue weighted by atomic mass is 10.2. The number of carbonyl (C=O) groups is 1. The summed E-state index contributed by atoms with van der Waals surface area (Å²) in [6, 6.07) is 4.05. The van der Waals surface area contributed by atoms with Gasteiger partial charge in [0.25, 0.3) is 0 Å². The number of rotatable bonds is 5. The molecule has 0 spiro atoms. The molecule has 0 saturated heterocycles. The fourth-order valence-electron chi connectivity index (χ4n) is 2.26. The van der Waals surface area contributed by atoms with E-state index >= 15 is 0 Å². The van der Waals surface area contributed by atoms with Crippen LogP contribution in [0.3, 0.4) is 0 Å². The normalized spacial score (nSPS) is 11.2. The first kappa shape index (κ1) is 17.8. The summed E-state index contributed by atoms with van der Waals surface area (Å²) in [6.07, 6.45) is 1.58. The Bertz CT molecular complexity index is 890. The molecule has 0 aliphatic carbocycles. The standard InChI is InChI=1S/C16H16BrN3OS3/c1-9-10(2)23-16-14(9)15(18-8-19-16)22-7-13(21)20(3)6-11-4-5-12(17)24-11/h4-5,8H,6-7H2,1-3H3. The number of hydrogen-bond acceptors (Lipinski definition) is 6. The van der Waals surface area contributed by atoms with Gasteiger partial charge >= 0.3 is 0 Å². The van der Waals surface area contributed by atoms with Crippen molar-refractivity contribution in [2.45, 2.75) is 25.4 Å². The van der Waals surface area contributed by atoms with Crippen LogP contribution in [0, 0.1) is 13.8 Å². The topological polar surface area (TPSA) is 46.1 Å². The van der Waals surface area contributed by atoms with Crippen LogP contribution in [0.5, 0.6) is 0 Å². The van der Waals surface area contributed by atoms with Gasteiger partial charge in [-0.2, -0.15) is 0 Å². The van der Waals surface area contributed by atoms with Crippen molar-refractivity contribution in [1.82, 2.24) is 14.9 Å². The summed E-state index contributed by atoms with van der Waals surface area (Å²) in [7, 11) is 1.84. The minimum atomic E-state index is 0.0980. The molecule has 0 saturated carbocycles. The van der Waals surface area contributed by atoms with Crippen LogP contribution in [0.4, 0.5) is 0 Å². The molecule has 3 heterocycles. The monoisotopic (exact) mass is 441 g/mol. The summed E-state index contributed by atoms with van der Waals surface area (Å²) < 4.78 is 1.08. The second-order valence-corrected chi connectivity index (χ2v) is 10.1. The predicted octanol–water partition coefficient (Wildman–Crippen LogP) is 4.88. The highest BCUT2D eigenvalue weighted by molar-refractivity contribution is 9.11. The number of amides is 1. The number of halogens is 1. The van der Waals surface area contributed by atoms with Crippen molar-refractivity contribution in [2.24, 2.45) is 0 Å². The number of carbonyl (C=O) groups excluding carboxylic acids is 1. The highest BCUT2D eigenvalue weighted by Gasteiger charge is 2.15. The zero-order valence-corrected chi connectivity index (χ0v) is 17.5. The average Bonchev–Trinajstić information content (AvgIpc) is 3.08. The highest BCUT2D eigenvalue weighted by atomic mass is 79.9. The predicted molar refractivity (Wildman–Crippen MR) is 106 cm³/mol. The Morgan fingerprint density at radius 1 is 1.29 bits per heavy atom.